The van der Waals surface area contributed by atoms with Crippen molar-refractivity contribution in [1.29, 1.82) is 0 Å². The van der Waals surface area contributed by atoms with Gasteiger partial charge in [0.25, 0.3) is 0 Å². The van der Waals surface area contributed by atoms with Crippen molar-refractivity contribution in [2.75, 3.05) is 0 Å². The zero-order valence-corrected chi connectivity index (χ0v) is 34.7. The summed E-state index contributed by atoms with van der Waals surface area (Å²) in [7, 11) is 0. The first-order chi connectivity index (χ1) is 30.6. The molecule has 0 saturated carbocycles. The highest BCUT2D eigenvalue weighted by atomic mass is 32.1. The average Bonchev–Trinajstić information content (AvgIpc) is 3.98. The average molecular weight is 812 g/mol. The van der Waals surface area contributed by atoms with Gasteiger partial charge in [0.15, 0.2) is 5.84 Å². The first kappa shape index (κ1) is 35.2. The van der Waals surface area contributed by atoms with Gasteiger partial charge in [-0.15, -0.1) is 11.3 Å². The van der Waals surface area contributed by atoms with Gasteiger partial charge in [0.05, 0.1) is 28.1 Å². The molecular weight excluding hydrogens is 775 g/mol. The van der Waals surface area contributed by atoms with E-state index in [9.17, 15) is 0 Å². The molecule has 1 unspecified atom stereocenters. The third kappa shape index (κ3) is 5.52. The molecule has 0 bridgehead atoms. The van der Waals surface area contributed by atoms with Crippen LogP contribution in [0.4, 0.5) is 0 Å². The minimum Gasteiger partial charge on any atom is -0.456 e. The molecule has 1 aliphatic rings. The van der Waals surface area contributed by atoms with Crippen LogP contribution < -0.4 is 0 Å². The summed E-state index contributed by atoms with van der Waals surface area (Å²) < 4.78 is 11.7. The van der Waals surface area contributed by atoms with Gasteiger partial charge in [-0.05, 0) is 94.2 Å². The molecule has 4 nitrogen and oxygen atoms in total. The number of benzene rings is 9. The number of rotatable bonds is 4. The smallest absolute Gasteiger partial charge is 0.160 e. The fraction of sp³-hybridized carbons (Fsp3) is 0.0526. The lowest BCUT2D eigenvalue weighted by atomic mass is 9.92. The molecule has 0 fully saturated rings. The normalized spacial score (nSPS) is 17.4. The molecule has 1 atom stereocenters. The van der Waals surface area contributed by atoms with E-state index in [0.29, 0.717) is 5.84 Å². The van der Waals surface area contributed by atoms with Crippen LogP contribution in [-0.4, -0.2) is 16.1 Å². The quantitative estimate of drug-likeness (QED) is 0.175. The number of amidine groups is 1. The summed E-state index contributed by atoms with van der Waals surface area (Å²) in [5, 5.41) is 11.9. The summed E-state index contributed by atoms with van der Waals surface area (Å²) in [4.78, 5) is 11.3. The summed E-state index contributed by atoms with van der Waals surface area (Å²) >= 11 is 1.84. The van der Waals surface area contributed by atoms with Gasteiger partial charge in [-0.25, -0.2) is 9.98 Å². The lowest BCUT2D eigenvalue weighted by Crippen LogP contribution is -2.17. The molecule has 0 spiro atoms. The molecule has 3 aromatic heterocycles. The Bertz CT molecular complexity index is 3930. The molecule has 0 N–H and O–H groups in total. The molecule has 1 aliphatic heterocycles. The number of para-hydroxylation sites is 2. The van der Waals surface area contributed by atoms with Crippen molar-refractivity contribution < 1.29 is 4.42 Å². The monoisotopic (exact) mass is 811 g/mol. The van der Waals surface area contributed by atoms with Crippen molar-refractivity contribution in [1.82, 2.24) is 4.57 Å². The maximum absolute atomic E-state index is 6.65. The number of aliphatic imine (C=N–C) groups is 2. The van der Waals surface area contributed by atoms with E-state index in [0.717, 1.165) is 78.6 Å². The van der Waals surface area contributed by atoms with E-state index < -0.39 is 0 Å². The predicted octanol–water partition coefficient (Wildman–Crippen LogP) is 15.7. The van der Waals surface area contributed by atoms with Crippen molar-refractivity contribution in [3.8, 4) is 5.69 Å². The van der Waals surface area contributed by atoms with Crippen LogP contribution in [0.1, 0.15) is 30.0 Å². The van der Waals surface area contributed by atoms with Crippen molar-refractivity contribution in [3.05, 3.63) is 205 Å². The lowest BCUT2D eigenvalue weighted by molar-refractivity contribution is 0.668. The summed E-state index contributed by atoms with van der Waals surface area (Å²) in [6.07, 6.45) is 3.08. The molecule has 9 aromatic carbocycles. The number of aromatic nitrogens is 1. The Morgan fingerprint density at radius 1 is 0.500 bits per heavy atom. The van der Waals surface area contributed by atoms with Gasteiger partial charge in [0.1, 0.15) is 11.2 Å². The fourth-order valence-electron chi connectivity index (χ4n) is 9.74. The number of thiophene rings is 1. The molecule has 4 heterocycles. The van der Waals surface area contributed by atoms with Gasteiger partial charge < -0.3 is 8.98 Å². The van der Waals surface area contributed by atoms with Crippen LogP contribution in [0.3, 0.4) is 0 Å². The van der Waals surface area contributed by atoms with Crippen molar-refractivity contribution in [2.45, 2.75) is 13.3 Å². The van der Waals surface area contributed by atoms with Crippen LogP contribution in [-0.2, 0) is 0 Å². The van der Waals surface area contributed by atoms with Crippen molar-refractivity contribution >= 4 is 114 Å². The predicted molar refractivity (Wildman–Crippen MR) is 264 cm³/mol. The number of fused-ring (bicyclic) bond motifs is 11. The SMILES string of the molecule is CC1C/C=C(c2cc3oc4ccccc4c3cc2-n2c3ccccc3c3cc4ccccc4cc32)/N=C(c2ccc3ccccc3c2)\N=C/1c1ccc2sc3ccccc3c2c1. The van der Waals surface area contributed by atoms with Crippen molar-refractivity contribution in [3.63, 3.8) is 0 Å². The minimum atomic E-state index is 0.0938. The molecule has 0 amide bonds. The zero-order valence-electron chi connectivity index (χ0n) is 33.8. The van der Waals surface area contributed by atoms with Gasteiger partial charge in [-0.1, -0.05) is 134 Å². The van der Waals surface area contributed by atoms with E-state index >= 15 is 0 Å². The first-order valence-corrected chi connectivity index (χ1v) is 22.1. The number of hydrogen-bond acceptors (Lipinski definition) is 4. The van der Waals surface area contributed by atoms with E-state index in [1.807, 2.05) is 17.4 Å². The number of hydrogen-bond donors (Lipinski definition) is 0. The van der Waals surface area contributed by atoms with Crippen LogP contribution >= 0.6 is 11.3 Å². The Balaban J connectivity index is 1.09. The van der Waals surface area contributed by atoms with Gasteiger partial charge in [0, 0.05) is 58.8 Å². The molecule has 5 heteroatoms. The molecule has 0 saturated heterocycles. The Morgan fingerprint density at radius 3 is 2.06 bits per heavy atom. The summed E-state index contributed by atoms with van der Waals surface area (Å²) in [5.74, 6) is 0.777. The Hall–Kier alpha value is -7.60. The summed E-state index contributed by atoms with van der Waals surface area (Å²) in [5.41, 5.74) is 10.0. The first-order valence-electron chi connectivity index (χ1n) is 21.3. The largest absolute Gasteiger partial charge is 0.456 e. The highest BCUT2D eigenvalue weighted by molar-refractivity contribution is 7.25. The number of nitrogens with zero attached hydrogens (tertiary/aromatic N) is 3. The van der Waals surface area contributed by atoms with Crippen LogP contribution in [0.15, 0.2) is 202 Å². The van der Waals surface area contributed by atoms with Crippen LogP contribution in [0.2, 0.25) is 0 Å². The molecular formula is C57H37N3OS. The van der Waals surface area contributed by atoms with Crippen LogP contribution in [0.25, 0.3) is 96.8 Å². The van der Waals surface area contributed by atoms with Crippen LogP contribution in [0.5, 0.6) is 0 Å². The topological polar surface area (TPSA) is 42.8 Å². The second-order valence-corrected chi connectivity index (χ2v) is 17.6. The van der Waals surface area contributed by atoms with Gasteiger partial charge in [-0.3, -0.25) is 0 Å². The maximum atomic E-state index is 6.65. The molecule has 0 radical (unpaired) electrons. The van der Waals surface area contributed by atoms with Gasteiger partial charge in [0.2, 0.25) is 0 Å². The Labute approximate surface area is 361 Å². The maximum Gasteiger partial charge on any atom is 0.160 e. The third-order valence-corrected chi connectivity index (χ3v) is 14.0. The second kappa shape index (κ2) is 13.7. The van der Waals surface area contributed by atoms with E-state index in [-0.39, 0.29) is 5.92 Å². The fourth-order valence-corrected chi connectivity index (χ4v) is 10.8. The van der Waals surface area contributed by atoms with E-state index in [2.05, 4.69) is 193 Å². The van der Waals surface area contributed by atoms with Crippen LogP contribution in [0, 0.1) is 5.92 Å². The van der Waals surface area contributed by atoms with E-state index in [1.54, 1.807) is 0 Å². The van der Waals surface area contributed by atoms with Crippen molar-refractivity contribution in [2.24, 2.45) is 15.9 Å². The highest BCUT2D eigenvalue weighted by Crippen LogP contribution is 2.42. The molecule has 12 aromatic rings. The lowest BCUT2D eigenvalue weighted by Gasteiger charge is -2.20. The van der Waals surface area contributed by atoms with Gasteiger partial charge >= 0.3 is 0 Å². The molecule has 0 aliphatic carbocycles. The zero-order chi connectivity index (χ0) is 40.9. The standard InChI is InChI=1S/C57H37N3OS/c1-34-22-26-48(58-57(40-24-23-35-12-2-3-13-36(35)28-40)59-56(34)39-25-27-55-46(30-39)43-18-8-11-21-54(43)62-55)47-33-53-45(42-17-7-10-20-52(42)61-53)32-51(47)60-49-19-9-6-16-41(49)44-29-37-14-4-5-15-38(37)31-50(44)60/h2-21,23-34H,22H2,1H3/b48-26+,58-57-,59-56+. The van der Waals surface area contributed by atoms with Gasteiger partial charge in [-0.2, -0.15) is 0 Å². The summed E-state index contributed by atoms with van der Waals surface area (Å²) in [6.45, 7) is 2.30. The Morgan fingerprint density at radius 2 is 1.19 bits per heavy atom. The minimum absolute atomic E-state index is 0.0938. The molecule has 292 valence electrons. The molecule has 13 rings (SSSR count). The third-order valence-electron chi connectivity index (χ3n) is 12.8. The molecule has 62 heavy (non-hydrogen) atoms. The van der Waals surface area contributed by atoms with E-state index in [1.165, 1.54) is 47.1 Å². The number of allylic oxidation sites excluding steroid dienone is 1. The number of furan rings is 1. The Kier molecular flexibility index (Phi) is 7.78. The highest BCUT2D eigenvalue weighted by Gasteiger charge is 2.24. The summed E-state index contributed by atoms with van der Waals surface area (Å²) in [6, 6.07) is 65.6. The second-order valence-electron chi connectivity index (χ2n) is 16.6. The van der Waals surface area contributed by atoms with E-state index in [4.69, 9.17) is 14.4 Å².